The zero-order chi connectivity index (χ0) is 15.8. The molecule has 0 unspecified atom stereocenters. The quantitative estimate of drug-likeness (QED) is 0.851. The summed E-state index contributed by atoms with van der Waals surface area (Å²) in [6.07, 6.45) is 0. The highest BCUT2D eigenvalue weighted by atomic mass is 32.2. The van der Waals surface area contributed by atoms with Crippen molar-refractivity contribution in [3.05, 3.63) is 47.3 Å². The highest BCUT2D eigenvalue weighted by Crippen LogP contribution is 2.32. The number of sulfonamides is 1. The monoisotopic (exact) mass is 310 g/mol. The molecule has 0 amide bonds. The molecule has 0 aliphatic heterocycles. The van der Waals surface area contributed by atoms with E-state index in [1.165, 1.54) is 18.2 Å². The molecular weight excluding hydrogens is 295 g/mol. The summed E-state index contributed by atoms with van der Waals surface area (Å²) in [7, 11) is -3.92. The van der Waals surface area contributed by atoms with Gasteiger partial charge in [0.2, 0.25) is 10.0 Å². The van der Waals surface area contributed by atoms with Crippen LogP contribution in [0.15, 0.2) is 35.2 Å². The minimum Gasteiger partial charge on any atom is -0.457 e. The van der Waals surface area contributed by atoms with Gasteiger partial charge in [0.15, 0.2) is 0 Å². The molecule has 7 heteroatoms. The third-order valence-corrected chi connectivity index (χ3v) is 4.05. The molecule has 0 atom stereocenters. The fourth-order valence-corrected chi connectivity index (χ4v) is 2.68. The lowest BCUT2D eigenvalue weighted by Crippen LogP contribution is -2.14. The van der Waals surface area contributed by atoms with E-state index < -0.39 is 15.8 Å². The molecule has 0 saturated heterocycles. The number of nitrogen functional groups attached to an aromatic ring is 1. The number of aryl methyl sites for hydroxylation is 1. The van der Waals surface area contributed by atoms with Crippen molar-refractivity contribution < 1.29 is 17.5 Å². The van der Waals surface area contributed by atoms with Crippen LogP contribution in [-0.4, -0.2) is 8.42 Å². The second-order valence-electron chi connectivity index (χ2n) is 4.70. The highest BCUT2D eigenvalue weighted by molar-refractivity contribution is 7.89. The molecule has 0 spiro atoms. The van der Waals surface area contributed by atoms with E-state index in [1.54, 1.807) is 26.0 Å². The number of benzene rings is 2. The molecule has 21 heavy (non-hydrogen) atoms. The van der Waals surface area contributed by atoms with E-state index >= 15 is 0 Å². The van der Waals surface area contributed by atoms with E-state index in [9.17, 15) is 12.8 Å². The van der Waals surface area contributed by atoms with Crippen LogP contribution < -0.4 is 15.6 Å². The van der Waals surface area contributed by atoms with Gasteiger partial charge in [-0.15, -0.1) is 0 Å². The van der Waals surface area contributed by atoms with Gasteiger partial charge in [-0.3, -0.25) is 0 Å². The Labute approximate surface area is 122 Å². The Morgan fingerprint density at radius 3 is 2.38 bits per heavy atom. The molecule has 5 nitrogen and oxygen atoms in total. The first-order valence-corrected chi connectivity index (χ1v) is 7.60. The van der Waals surface area contributed by atoms with Crippen molar-refractivity contribution in [1.29, 1.82) is 0 Å². The van der Waals surface area contributed by atoms with Crippen molar-refractivity contribution >= 4 is 15.7 Å². The predicted octanol–water partition coefficient (Wildman–Crippen LogP) is 2.46. The minimum absolute atomic E-state index is 0.120. The molecule has 0 aliphatic rings. The zero-order valence-corrected chi connectivity index (χ0v) is 12.4. The van der Waals surface area contributed by atoms with Crippen LogP contribution in [0.5, 0.6) is 11.5 Å². The van der Waals surface area contributed by atoms with Gasteiger partial charge in [-0.05, 0) is 31.5 Å². The Bertz CT molecular complexity index is 804. The van der Waals surface area contributed by atoms with E-state index in [1.807, 2.05) is 0 Å². The van der Waals surface area contributed by atoms with Crippen molar-refractivity contribution in [3.63, 3.8) is 0 Å². The summed E-state index contributed by atoms with van der Waals surface area (Å²) >= 11 is 0. The Kier molecular flexibility index (Phi) is 3.89. The maximum atomic E-state index is 13.5. The van der Waals surface area contributed by atoms with Gasteiger partial charge >= 0.3 is 0 Å². The molecule has 2 rings (SSSR count). The van der Waals surface area contributed by atoms with Crippen molar-refractivity contribution in [3.8, 4) is 11.5 Å². The van der Waals surface area contributed by atoms with Crippen LogP contribution in [0.3, 0.4) is 0 Å². The van der Waals surface area contributed by atoms with Gasteiger partial charge in [0.25, 0.3) is 0 Å². The highest BCUT2D eigenvalue weighted by Gasteiger charge is 2.17. The molecule has 2 aromatic rings. The normalized spacial score (nSPS) is 11.4. The van der Waals surface area contributed by atoms with Crippen LogP contribution >= 0.6 is 0 Å². The van der Waals surface area contributed by atoms with Crippen LogP contribution in [0, 0.1) is 19.7 Å². The van der Waals surface area contributed by atoms with E-state index in [0.717, 1.165) is 0 Å². The Hall–Kier alpha value is -2.12. The second-order valence-corrected chi connectivity index (χ2v) is 6.23. The number of hydrogen-bond donors (Lipinski definition) is 2. The largest absolute Gasteiger partial charge is 0.457 e. The summed E-state index contributed by atoms with van der Waals surface area (Å²) in [4.78, 5) is -0.120. The van der Waals surface area contributed by atoms with Crippen LogP contribution in [0.1, 0.15) is 11.1 Å². The summed E-state index contributed by atoms with van der Waals surface area (Å²) in [6.45, 7) is 3.17. The molecule has 0 fully saturated rings. The average molecular weight is 310 g/mol. The molecule has 112 valence electrons. The fourth-order valence-electron chi connectivity index (χ4n) is 1.85. The SMILES string of the molecule is Cc1ccc(Oc2cc(N)cc(S(N)(=O)=O)c2C)cc1F. The fraction of sp³-hybridized carbons (Fsp3) is 0.143. The van der Waals surface area contributed by atoms with Crippen LogP contribution in [0.4, 0.5) is 10.1 Å². The molecule has 4 N–H and O–H groups in total. The third kappa shape index (κ3) is 3.32. The number of primary sulfonamides is 1. The van der Waals surface area contributed by atoms with Gasteiger partial charge in [0.1, 0.15) is 17.3 Å². The number of hydrogen-bond acceptors (Lipinski definition) is 4. The molecular formula is C14H15FN2O3S. The standard InChI is InChI=1S/C14H15FN2O3S/c1-8-3-4-11(7-12(8)15)20-13-5-10(16)6-14(9(13)2)21(17,18)19/h3-7H,16H2,1-2H3,(H2,17,18,19). The smallest absolute Gasteiger partial charge is 0.238 e. The van der Waals surface area contributed by atoms with Gasteiger partial charge in [0.05, 0.1) is 4.90 Å². The van der Waals surface area contributed by atoms with E-state index in [-0.39, 0.29) is 22.1 Å². The van der Waals surface area contributed by atoms with Crippen molar-refractivity contribution in [2.45, 2.75) is 18.7 Å². The second kappa shape index (κ2) is 5.34. The lowest BCUT2D eigenvalue weighted by molar-refractivity contribution is 0.470. The zero-order valence-electron chi connectivity index (χ0n) is 11.6. The Morgan fingerprint density at radius 2 is 1.81 bits per heavy atom. The number of halogens is 1. The first kappa shape index (κ1) is 15.3. The van der Waals surface area contributed by atoms with Gasteiger partial charge in [-0.1, -0.05) is 6.07 Å². The van der Waals surface area contributed by atoms with Gasteiger partial charge < -0.3 is 10.5 Å². The summed E-state index contributed by atoms with van der Waals surface area (Å²) < 4.78 is 42.1. The molecule has 0 bridgehead atoms. The van der Waals surface area contributed by atoms with Crippen molar-refractivity contribution in [1.82, 2.24) is 0 Å². The maximum Gasteiger partial charge on any atom is 0.238 e. The van der Waals surface area contributed by atoms with Gasteiger partial charge in [-0.25, -0.2) is 17.9 Å². The first-order chi connectivity index (χ1) is 9.68. The number of nitrogens with two attached hydrogens (primary N) is 2. The van der Waals surface area contributed by atoms with Crippen LogP contribution in [0.2, 0.25) is 0 Å². The lowest BCUT2D eigenvalue weighted by Gasteiger charge is -2.13. The van der Waals surface area contributed by atoms with Gasteiger partial charge in [-0.2, -0.15) is 0 Å². The lowest BCUT2D eigenvalue weighted by atomic mass is 10.2. The summed E-state index contributed by atoms with van der Waals surface area (Å²) in [5.74, 6) is 0.0372. The Balaban J connectivity index is 2.49. The van der Waals surface area contributed by atoms with E-state index in [2.05, 4.69) is 0 Å². The average Bonchev–Trinajstić information content (AvgIpc) is 2.36. The summed E-state index contributed by atoms with van der Waals surface area (Å²) in [5, 5.41) is 5.13. The summed E-state index contributed by atoms with van der Waals surface area (Å²) in [5.41, 5.74) is 6.64. The third-order valence-electron chi connectivity index (χ3n) is 3.01. The molecule has 0 saturated carbocycles. The molecule has 2 aromatic carbocycles. The molecule has 0 heterocycles. The van der Waals surface area contributed by atoms with E-state index in [0.29, 0.717) is 11.1 Å². The topological polar surface area (TPSA) is 95.4 Å². The Morgan fingerprint density at radius 1 is 1.14 bits per heavy atom. The molecule has 0 aliphatic carbocycles. The molecule has 0 radical (unpaired) electrons. The number of anilines is 1. The summed E-state index contributed by atoms with van der Waals surface area (Å²) in [6, 6.07) is 7.08. The van der Waals surface area contributed by atoms with E-state index in [4.69, 9.17) is 15.6 Å². The van der Waals surface area contributed by atoms with Crippen molar-refractivity contribution in [2.75, 3.05) is 5.73 Å². The van der Waals surface area contributed by atoms with Crippen LogP contribution in [0.25, 0.3) is 0 Å². The first-order valence-electron chi connectivity index (χ1n) is 6.05. The predicted molar refractivity (Wildman–Crippen MR) is 78.2 cm³/mol. The van der Waals surface area contributed by atoms with Gasteiger partial charge in [0, 0.05) is 23.4 Å². The molecule has 0 aromatic heterocycles. The van der Waals surface area contributed by atoms with Crippen molar-refractivity contribution in [2.24, 2.45) is 5.14 Å². The van der Waals surface area contributed by atoms with Crippen LogP contribution in [-0.2, 0) is 10.0 Å². The maximum absolute atomic E-state index is 13.5. The minimum atomic E-state index is -3.92. The number of rotatable bonds is 3. The number of ether oxygens (including phenoxy) is 1.